The Morgan fingerprint density at radius 1 is 1.07 bits per heavy atom. The van der Waals surface area contributed by atoms with Crippen LogP contribution in [-0.4, -0.2) is 45.8 Å². The van der Waals surface area contributed by atoms with Gasteiger partial charge in [0.15, 0.2) is 0 Å². The van der Waals surface area contributed by atoms with Gasteiger partial charge in [-0.1, -0.05) is 17.7 Å². The number of rotatable bonds is 4. The predicted octanol–water partition coefficient (Wildman–Crippen LogP) is 2.71. The van der Waals surface area contributed by atoms with Gasteiger partial charge in [-0.25, -0.2) is 17.4 Å². The van der Waals surface area contributed by atoms with Crippen LogP contribution < -0.4 is 0 Å². The largest absolute Gasteiger partial charge is 0.338 e. The van der Waals surface area contributed by atoms with Gasteiger partial charge in [-0.3, -0.25) is 4.79 Å². The molecule has 4 rings (SSSR count). The van der Waals surface area contributed by atoms with E-state index in [2.05, 4.69) is 9.55 Å². The third-order valence-corrected chi connectivity index (χ3v) is 6.86. The smallest absolute Gasteiger partial charge is 0.267 e. The number of aromatic nitrogens is 3. The molecule has 0 unspecified atom stereocenters. The van der Waals surface area contributed by atoms with Gasteiger partial charge in [0.1, 0.15) is 0 Å². The van der Waals surface area contributed by atoms with E-state index in [1.807, 2.05) is 13.1 Å². The lowest BCUT2D eigenvalue weighted by atomic mass is 10.0. The Morgan fingerprint density at radius 2 is 1.79 bits per heavy atom. The van der Waals surface area contributed by atoms with Gasteiger partial charge < -0.3 is 9.47 Å². The molecular formula is C20H22N4O3S. The number of aryl methyl sites for hydroxylation is 1. The van der Waals surface area contributed by atoms with Crippen LogP contribution >= 0.6 is 0 Å². The first-order valence-corrected chi connectivity index (χ1v) is 10.7. The van der Waals surface area contributed by atoms with Crippen molar-refractivity contribution in [1.82, 2.24) is 18.4 Å². The van der Waals surface area contributed by atoms with Crippen LogP contribution in [0.3, 0.4) is 0 Å². The molecule has 8 heteroatoms. The molecular weight excluding hydrogens is 376 g/mol. The summed E-state index contributed by atoms with van der Waals surface area (Å²) in [5.41, 5.74) is 1.37. The molecule has 0 atom stereocenters. The Hall–Kier alpha value is -2.87. The number of hydrogen-bond acceptors (Lipinski definition) is 4. The van der Waals surface area contributed by atoms with Crippen molar-refractivity contribution in [2.75, 3.05) is 13.1 Å². The van der Waals surface area contributed by atoms with E-state index in [-0.39, 0.29) is 10.8 Å². The average Bonchev–Trinajstić information content (AvgIpc) is 3.40. The van der Waals surface area contributed by atoms with Crippen LogP contribution in [0.2, 0.25) is 0 Å². The minimum atomic E-state index is -3.70. The fourth-order valence-electron chi connectivity index (χ4n) is 3.52. The van der Waals surface area contributed by atoms with E-state index in [1.165, 1.54) is 12.4 Å². The maximum absolute atomic E-state index is 12.8. The van der Waals surface area contributed by atoms with Crippen LogP contribution in [0.1, 0.15) is 34.8 Å². The summed E-state index contributed by atoms with van der Waals surface area (Å²) >= 11 is 0. The Bertz CT molecular complexity index is 1060. The van der Waals surface area contributed by atoms with Gasteiger partial charge in [-0.2, -0.15) is 0 Å². The molecule has 1 amide bonds. The summed E-state index contributed by atoms with van der Waals surface area (Å²) in [5, 5.41) is 0. The summed E-state index contributed by atoms with van der Waals surface area (Å²) in [6, 6.07) is 8.58. The minimum absolute atomic E-state index is 0.137. The molecule has 0 N–H and O–H groups in total. The number of carbonyl (C=O) groups excluding carboxylic acids is 1. The fraction of sp³-hybridized carbons (Fsp3) is 0.300. The molecule has 7 nitrogen and oxygen atoms in total. The first-order chi connectivity index (χ1) is 13.4. The summed E-state index contributed by atoms with van der Waals surface area (Å²) in [6.07, 6.45) is 10.0. The fourth-order valence-corrected chi connectivity index (χ4v) is 4.72. The summed E-state index contributed by atoms with van der Waals surface area (Å²) in [7, 11) is -3.70. The zero-order valence-electron chi connectivity index (χ0n) is 15.6. The number of benzene rings is 1. The molecule has 1 aliphatic heterocycles. The number of piperidine rings is 1. The van der Waals surface area contributed by atoms with E-state index in [4.69, 9.17) is 0 Å². The van der Waals surface area contributed by atoms with Gasteiger partial charge >= 0.3 is 0 Å². The predicted molar refractivity (Wildman–Crippen MR) is 105 cm³/mol. The maximum atomic E-state index is 12.8. The normalized spacial score (nSPS) is 15.7. The average molecular weight is 398 g/mol. The summed E-state index contributed by atoms with van der Waals surface area (Å²) in [4.78, 5) is 18.9. The van der Waals surface area contributed by atoms with Gasteiger partial charge in [0.25, 0.3) is 15.9 Å². The number of hydrogen-bond donors (Lipinski definition) is 0. The van der Waals surface area contributed by atoms with E-state index in [1.54, 1.807) is 47.8 Å². The number of imidazole rings is 1. The van der Waals surface area contributed by atoms with Gasteiger partial charge in [0.05, 0.1) is 16.8 Å². The summed E-state index contributed by atoms with van der Waals surface area (Å²) in [6.45, 7) is 3.17. The number of amides is 1. The topological polar surface area (TPSA) is 77.2 Å². The number of carbonyl (C=O) groups is 1. The minimum Gasteiger partial charge on any atom is -0.338 e. The molecule has 1 aliphatic rings. The highest BCUT2D eigenvalue weighted by Crippen LogP contribution is 2.24. The van der Waals surface area contributed by atoms with E-state index < -0.39 is 10.0 Å². The lowest BCUT2D eigenvalue weighted by Gasteiger charge is -2.32. The number of nitrogens with zero attached hydrogens (tertiary/aromatic N) is 4. The molecule has 2 aromatic heterocycles. The van der Waals surface area contributed by atoms with Crippen LogP contribution in [-0.2, 0) is 10.0 Å². The van der Waals surface area contributed by atoms with Gasteiger partial charge in [0, 0.05) is 43.9 Å². The molecule has 0 bridgehead atoms. The first kappa shape index (κ1) is 18.5. The first-order valence-electron chi connectivity index (χ1n) is 9.22. The monoisotopic (exact) mass is 398 g/mol. The van der Waals surface area contributed by atoms with Crippen LogP contribution in [0.5, 0.6) is 0 Å². The second-order valence-electron chi connectivity index (χ2n) is 7.08. The maximum Gasteiger partial charge on any atom is 0.267 e. The molecule has 1 saturated heterocycles. The van der Waals surface area contributed by atoms with Crippen molar-refractivity contribution in [3.8, 4) is 0 Å². The van der Waals surface area contributed by atoms with E-state index in [9.17, 15) is 13.2 Å². The Balaban J connectivity index is 1.47. The van der Waals surface area contributed by atoms with Crippen molar-refractivity contribution in [1.29, 1.82) is 0 Å². The molecule has 1 aromatic carbocycles. The lowest BCUT2D eigenvalue weighted by molar-refractivity contribution is 0.0694. The molecule has 0 saturated carbocycles. The highest BCUT2D eigenvalue weighted by Gasteiger charge is 2.26. The van der Waals surface area contributed by atoms with Crippen molar-refractivity contribution in [2.24, 2.45) is 0 Å². The van der Waals surface area contributed by atoms with E-state index >= 15 is 0 Å². The van der Waals surface area contributed by atoms with E-state index in [0.717, 1.165) is 22.4 Å². The molecule has 0 radical (unpaired) electrons. The van der Waals surface area contributed by atoms with Crippen molar-refractivity contribution in [3.05, 3.63) is 72.6 Å². The van der Waals surface area contributed by atoms with Crippen molar-refractivity contribution < 1.29 is 13.2 Å². The highest BCUT2D eigenvalue weighted by atomic mass is 32.2. The summed E-state index contributed by atoms with van der Waals surface area (Å²) in [5.74, 6) is -0.137. The Labute approximate surface area is 164 Å². The molecule has 0 spiro atoms. The van der Waals surface area contributed by atoms with E-state index in [0.29, 0.717) is 24.7 Å². The zero-order chi connectivity index (χ0) is 19.7. The molecule has 28 heavy (non-hydrogen) atoms. The van der Waals surface area contributed by atoms with Crippen LogP contribution in [0, 0.1) is 6.92 Å². The molecule has 146 valence electrons. The van der Waals surface area contributed by atoms with Gasteiger partial charge in [-0.05, 0) is 38.0 Å². The van der Waals surface area contributed by atoms with Crippen molar-refractivity contribution in [2.45, 2.75) is 30.7 Å². The second-order valence-corrected chi connectivity index (χ2v) is 8.92. The molecule has 3 aromatic rings. The number of likely N-dealkylation sites (tertiary alicyclic amines) is 1. The van der Waals surface area contributed by atoms with Crippen molar-refractivity contribution >= 4 is 15.9 Å². The molecule has 1 fully saturated rings. The Kier molecular flexibility index (Phi) is 4.80. The third-order valence-electron chi connectivity index (χ3n) is 5.21. The Morgan fingerprint density at radius 3 is 2.43 bits per heavy atom. The van der Waals surface area contributed by atoms with Crippen LogP contribution in [0.4, 0.5) is 0 Å². The summed E-state index contributed by atoms with van der Waals surface area (Å²) < 4.78 is 28.7. The SMILES string of the molecule is Cc1ccc(S(=O)(=O)n2ccc(C(=O)N3CCC(n4ccnc4)CC3)c2)cc1. The highest BCUT2D eigenvalue weighted by molar-refractivity contribution is 7.90. The third kappa shape index (κ3) is 3.47. The standard InChI is InChI=1S/C20H22N4O3S/c1-16-2-4-19(5-3-16)28(26,27)24-12-6-17(14-24)20(25)22-10-7-18(8-11-22)23-13-9-21-15-23/h2-6,9,12-15,18H,7-8,10-11H2,1H3. The van der Waals surface area contributed by atoms with Crippen molar-refractivity contribution in [3.63, 3.8) is 0 Å². The van der Waals surface area contributed by atoms with Crippen LogP contribution in [0.25, 0.3) is 0 Å². The molecule has 0 aliphatic carbocycles. The lowest BCUT2D eigenvalue weighted by Crippen LogP contribution is -2.38. The molecule has 3 heterocycles. The second kappa shape index (κ2) is 7.27. The van der Waals surface area contributed by atoms with Gasteiger partial charge in [-0.15, -0.1) is 0 Å². The van der Waals surface area contributed by atoms with Gasteiger partial charge in [0.2, 0.25) is 0 Å². The zero-order valence-corrected chi connectivity index (χ0v) is 16.4. The quantitative estimate of drug-likeness (QED) is 0.677. The van der Waals surface area contributed by atoms with Crippen LogP contribution in [0.15, 0.2) is 66.3 Å².